The van der Waals surface area contributed by atoms with Crippen molar-refractivity contribution in [3.8, 4) is 0 Å². The van der Waals surface area contributed by atoms with Crippen molar-refractivity contribution in [3.05, 3.63) is 63.1 Å². The number of para-hydroxylation sites is 1. The largest absolute Gasteiger partial charge is 0.313 e. The number of aromatic nitrogens is 1. The molecule has 3 aromatic rings. The summed E-state index contributed by atoms with van der Waals surface area (Å²) in [4.78, 5) is 4.74. The molecule has 0 aliphatic heterocycles. The molecule has 21 heavy (non-hydrogen) atoms. The van der Waals surface area contributed by atoms with E-state index >= 15 is 0 Å². The van der Waals surface area contributed by atoms with Crippen LogP contribution >= 0.6 is 27.3 Å². The zero-order valence-electron chi connectivity index (χ0n) is 12.1. The first-order valence-electron chi connectivity index (χ1n) is 6.95. The molecular weight excluding hydrogens is 344 g/mol. The van der Waals surface area contributed by atoms with E-state index in [1.54, 1.807) is 11.3 Å². The van der Waals surface area contributed by atoms with E-state index in [2.05, 4.69) is 64.6 Å². The lowest BCUT2D eigenvalue weighted by atomic mass is 9.99. The minimum atomic E-state index is 0.281. The Morgan fingerprint density at radius 2 is 2.00 bits per heavy atom. The summed E-state index contributed by atoms with van der Waals surface area (Å²) in [5.41, 5.74) is 3.71. The van der Waals surface area contributed by atoms with Gasteiger partial charge in [0.15, 0.2) is 0 Å². The molecule has 0 saturated carbocycles. The van der Waals surface area contributed by atoms with E-state index in [-0.39, 0.29) is 6.04 Å². The fraction of sp³-hybridized carbons (Fsp3) is 0.235. The standard InChI is InChI=1S/C17H17BrN2S/c1-11-12(6-5-7-13(11)18)15(19-2)10-17-20-14-8-3-4-9-16(14)21-17/h3-9,15,19H,10H2,1-2H3. The van der Waals surface area contributed by atoms with Crippen LogP contribution < -0.4 is 5.32 Å². The van der Waals surface area contributed by atoms with Crippen LogP contribution in [0.5, 0.6) is 0 Å². The number of likely N-dealkylation sites (N-methyl/N-ethyl adjacent to an activating group) is 1. The van der Waals surface area contributed by atoms with E-state index in [0.29, 0.717) is 0 Å². The Labute approximate surface area is 137 Å². The van der Waals surface area contributed by atoms with Crippen molar-refractivity contribution < 1.29 is 0 Å². The highest BCUT2D eigenvalue weighted by Crippen LogP contribution is 2.29. The molecule has 4 heteroatoms. The van der Waals surface area contributed by atoms with Crippen LogP contribution in [0.15, 0.2) is 46.9 Å². The first kappa shape index (κ1) is 14.7. The second-order valence-electron chi connectivity index (χ2n) is 5.07. The maximum Gasteiger partial charge on any atom is 0.0957 e. The zero-order valence-corrected chi connectivity index (χ0v) is 14.5. The van der Waals surface area contributed by atoms with E-state index in [9.17, 15) is 0 Å². The number of hydrogen-bond donors (Lipinski definition) is 1. The Morgan fingerprint density at radius 1 is 1.19 bits per heavy atom. The third-order valence-corrected chi connectivity index (χ3v) is 5.67. The van der Waals surface area contributed by atoms with Gasteiger partial charge in [0.25, 0.3) is 0 Å². The molecule has 0 saturated heterocycles. The molecule has 1 N–H and O–H groups in total. The summed E-state index contributed by atoms with van der Waals surface area (Å²) in [6, 6.07) is 15.0. The maximum atomic E-state index is 4.74. The molecule has 1 heterocycles. The first-order valence-corrected chi connectivity index (χ1v) is 8.56. The summed E-state index contributed by atoms with van der Waals surface area (Å²) in [6.45, 7) is 2.15. The molecule has 1 unspecified atom stereocenters. The number of thiazole rings is 1. The normalized spacial score (nSPS) is 12.7. The van der Waals surface area contributed by atoms with Crippen LogP contribution in [0.25, 0.3) is 10.2 Å². The first-order chi connectivity index (χ1) is 10.2. The van der Waals surface area contributed by atoms with Gasteiger partial charge >= 0.3 is 0 Å². The molecular formula is C17H17BrN2S. The smallest absolute Gasteiger partial charge is 0.0957 e. The van der Waals surface area contributed by atoms with E-state index in [1.165, 1.54) is 20.8 Å². The summed E-state index contributed by atoms with van der Waals surface area (Å²) in [7, 11) is 2.01. The molecule has 2 aromatic carbocycles. The van der Waals surface area contributed by atoms with E-state index in [0.717, 1.165) is 16.4 Å². The van der Waals surface area contributed by atoms with Gasteiger partial charge in [-0.05, 0) is 43.3 Å². The van der Waals surface area contributed by atoms with Crippen molar-refractivity contribution in [3.63, 3.8) is 0 Å². The minimum Gasteiger partial charge on any atom is -0.313 e. The summed E-state index contributed by atoms with van der Waals surface area (Å²) >= 11 is 5.40. The lowest BCUT2D eigenvalue weighted by Gasteiger charge is -2.18. The van der Waals surface area contributed by atoms with Gasteiger partial charge in [-0.25, -0.2) is 4.98 Å². The van der Waals surface area contributed by atoms with Crippen molar-refractivity contribution >= 4 is 37.5 Å². The third kappa shape index (κ3) is 3.03. The lowest BCUT2D eigenvalue weighted by molar-refractivity contribution is 0.587. The summed E-state index contributed by atoms with van der Waals surface area (Å²) in [6.07, 6.45) is 0.910. The zero-order chi connectivity index (χ0) is 14.8. The number of halogens is 1. The monoisotopic (exact) mass is 360 g/mol. The van der Waals surface area contributed by atoms with Crippen LogP contribution in [0.1, 0.15) is 22.2 Å². The Bertz CT molecular complexity index is 733. The number of benzene rings is 2. The Kier molecular flexibility index (Phi) is 4.38. The molecule has 3 rings (SSSR count). The molecule has 1 aromatic heterocycles. The van der Waals surface area contributed by atoms with Gasteiger partial charge in [-0.3, -0.25) is 0 Å². The van der Waals surface area contributed by atoms with Gasteiger partial charge in [-0.2, -0.15) is 0 Å². The molecule has 2 nitrogen and oxygen atoms in total. The molecule has 0 spiro atoms. The van der Waals surface area contributed by atoms with Gasteiger partial charge in [-0.1, -0.05) is 40.2 Å². The Morgan fingerprint density at radius 3 is 2.76 bits per heavy atom. The van der Waals surface area contributed by atoms with Crippen molar-refractivity contribution in [2.24, 2.45) is 0 Å². The highest BCUT2D eigenvalue weighted by Gasteiger charge is 2.16. The van der Waals surface area contributed by atoms with Gasteiger partial charge < -0.3 is 5.32 Å². The molecule has 1 atom stereocenters. The SMILES string of the molecule is CNC(Cc1nc2ccccc2s1)c1cccc(Br)c1C. The van der Waals surface area contributed by atoms with Crippen LogP contribution in [0, 0.1) is 6.92 Å². The Balaban J connectivity index is 1.92. The molecule has 0 aliphatic rings. The predicted molar refractivity (Wildman–Crippen MR) is 94.0 cm³/mol. The highest BCUT2D eigenvalue weighted by atomic mass is 79.9. The van der Waals surface area contributed by atoms with Crippen LogP contribution in [0.3, 0.4) is 0 Å². The second-order valence-corrected chi connectivity index (χ2v) is 7.04. The minimum absolute atomic E-state index is 0.281. The summed E-state index contributed by atoms with van der Waals surface area (Å²) in [5.74, 6) is 0. The number of fused-ring (bicyclic) bond motifs is 1. The number of nitrogens with one attached hydrogen (secondary N) is 1. The van der Waals surface area contributed by atoms with E-state index < -0.39 is 0 Å². The average molecular weight is 361 g/mol. The second kappa shape index (κ2) is 6.26. The molecule has 0 bridgehead atoms. The van der Waals surface area contributed by atoms with Crippen LogP contribution in [0.4, 0.5) is 0 Å². The summed E-state index contributed by atoms with van der Waals surface area (Å²) in [5, 5.41) is 4.60. The van der Waals surface area contributed by atoms with Gasteiger partial charge in [0.2, 0.25) is 0 Å². The van der Waals surface area contributed by atoms with Crippen LogP contribution in [0.2, 0.25) is 0 Å². The molecule has 108 valence electrons. The fourth-order valence-corrected chi connectivity index (χ4v) is 3.95. The van der Waals surface area contributed by atoms with Crippen molar-refractivity contribution in [2.45, 2.75) is 19.4 Å². The van der Waals surface area contributed by atoms with Crippen LogP contribution in [-0.4, -0.2) is 12.0 Å². The maximum absolute atomic E-state index is 4.74. The van der Waals surface area contributed by atoms with Gasteiger partial charge in [-0.15, -0.1) is 11.3 Å². The lowest BCUT2D eigenvalue weighted by Crippen LogP contribution is -2.19. The topological polar surface area (TPSA) is 24.9 Å². The van der Waals surface area contributed by atoms with E-state index in [1.807, 2.05) is 13.1 Å². The number of nitrogens with zero attached hydrogens (tertiary/aromatic N) is 1. The number of rotatable bonds is 4. The molecule has 0 amide bonds. The molecule has 0 aliphatic carbocycles. The highest BCUT2D eigenvalue weighted by molar-refractivity contribution is 9.10. The third-order valence-electron chi connectivity index (χ3n) is 3.75. The summed E-state index contributed by atoms with van der Waals surface area (Å²) < 4.78 is 2.41. The van der Waals surface area contributed by atoms with E-state index in [4.69, 9.17) is 4.98 Å². The predicted octanol–water partition coefficient (Wildman–Crippen LogP) is 4.87. The fourth-order valence-electron chi connectivity index (χ4n) is 2.55. The van der Waals surface area contributed by atoms with Crippen LogP contribution in [-0.2, 0) is 6.42 Å². The van der Waals surface area contributed by atoms with Gasteiger partial charge in [0.1, 0.15) is 0 Å². The average Bonchev–Trinajstić information content (AvgIpc) is 2.90. The van der Waals surface area contributed by atoms with Crippen molar-refractivity contribution in [2.75, 3.05) is 7.05 Å². The van der Waals surface area contributed by atoms with Crippen molar-refractivity contribution in [1.82, 2.24) is 10.3 Å². The molecule has 0 radical (unpaired) electrons. The Hall–Kier alpha value is -1.23. The quantitative estimate of drug-likeness (QED) is 0.717. The number of hydrogen-bond acceptors (Lipinski definition) is 3. The van der Waals surface area contributed by atoms with Crippen molar-refractivity contribution in [1.29, 1.82) is 0 Å². The van der Waals surface area contributed by atoms with Gasteiger partial charge in [0.05, 0.1) is 15.2 Å². The molecule has 0 fully saturated rings. The van der Waals surface area contributed by atoms with Gasteiger partial charge in [0, 0.05) is 16.9 Å².